The molecule has 1 aliphatic carbocycles. The van der Waals surface area contributed by atoms with Crippen molar-refractivity contribution in [2.45, 2.75) is 35.8 Å². The lowest BCUT2D eigenvalue weighted by Gasteiger charge is -2.33. The van der Waals surface area contributed by atoms with Crippen LogP contribution in [0.25, 0.3) is 0 Å². The normalized spacial score (nSPS) is 32.2. The molecule has 3 heteroatoms. The first-order valence-electron chi connectivity index (χ1n) is 5.96. The van der Waals surface area contributed by atoms with Crippen molar-refractivity contribution in [3.05, 3.63) is 29.8 Å². The van der Waals surface area contributed by atoms with E-state index in [2.05, 4.69) is 29.6 Å². The third kappa shape index (κ3) is 1.99. The molecule has 0 saturated heterocycles. The molecule has 1 aliphatic heterocycles. The predicted molar refractivity (Wildman–Crippen MR) is 66.9 cm³/mol. The highest BCUT2D eigenvalue weighted by Crippen LogP contribution is 2.39. The van der Waals surface area contributed by atoms with Crippen molar-refractivity contribution in [1.29, 1.82) is 0 Å². The highest BCUT2D eigenvalue weighted by molar-refractivity contribution is 7.99. The number of fused-ring (bicyclic) bond motifs is 1. The molecule has 2 aliphatic rings. The first-order chi connectivity index (χ1) is 7.83. The molecule has 1 saturated carbocycles. The molecule has 1 aromatic rings. The van der Waals surface area contributed by atoms with Crippen molar-refractivity contribution in [2.24, 2.45) is 0 Å². The summed E-state index contributed by atoms with van der Waals surface area (Å²) >= 11 is 1.96. The van der Waals surface area contributed by atoms with Gasteiger partial charge in [0.25, 0.3) is 0 Å². The summed E-state index contributed by atoms with van der Waals surface area (Å²) in [5.74, 6) is 1.85. The molecule has 0 spiro atoms. The average molecular weight is 235 g/mol. The van der Waals surface area contributed by atoms with Crippen molar-refractivity contribution >= 4 is 11.8 Å². The van der Waals surface area contributed by atoms with Gasteiger partial charge in [-0.25, -0.2) is 0 Å². The number of benzene rings is 1. The molecule has 1 heterocycles. The Morgan fingerprint density at radius 3 is 2.94 bits per heavy atom. The number of rotatable bonds is 3. The van der Waals surface area contributed by atoms with Gasteiger partial charge in [0.2, 0.25) is 0 Å². The lowest BCUT2D eigenvalue weighted by atomic mass is 9.89. The summed E-state index contributed by atoms with van der Waals surface area (Å²) in [7, 11) is 0. The molecule has 0 aromatic heterocycles. The Bertz CT molecular complexity index is 376. The maximum Gasteiger partial charge on any atom is 0.0570 e. The van der Waals surface area contributed by atoms with Gasteiger partial charge in [0, 0.05) is 29.2 Å². The fourth-order valence-electron chi connectivity index (χ4n) is 2.46. The molecular formula is C13H17NOS. The number of aliphatic hydroxyl groups excluding tert-OH is 1. The molecular weight excluding hydrogens is 218 g/mol. The summed E-state index contributed by atoms with van der Waals surface area (Å²) in [6, 6.07) is 9.26. The summed E-state index contributed by atoms with van der Waals surface area (Å²) in [4.78, 5) is 1.45. The van der Waals surface area contributed by atoms with E-state index in [-0.39, 0.29) is 6.10 Å². The Balaban J connectivity index is 1.57. The second-order valence-electron chi connectivity index (χ2n) is 4.78. The maximum atomic E-state index is 9.22. The smallest absolute Gasteiger partial charge is 0.0570 e. The molecule has 1 atom stereocenters. The van der Waals surface area contributed by atoms with E-state index in [9.17, 15) is 5.11 Å². The number of aliphatic hydroxyl groups is 1. The quantitative estimate of drug-likeness (QED) is 0.840. The number of hydrogen-bond acceptors (Lipinski definition) is 3. The summed E-state index contributed by atoms with van der Waals surface area (Å²) < 4.78 is 0. The zero-order chi connectivity index (χ0) is 11.0. The van der Waals surface area contributed by atoms with E-state index in [0.29, 0.717) is 12.0 Å². The van der Waals surface area contributed by atoms with Crippen LogP contribution in [-0.2, 0) is 0 Å². The van der Waals surface area contributed by atoms with Crippen LogP contribution in [0.15, 0.2) is 29.2 Å². The van der Waals surface area contributed by atoms with Crippen LogP contribution < -0.4 is 5.32 Å². The molecule has 3 rings (SSSR count). The molecule has 2 N–H and O–H groups in total. The van der Waals surface area contributed by atoms with Crippen LogP contribution >= 0.6 is 11.8 Å². The minimum Gasteiger partial charge on any atom is -0.393 e. The van der Waals surface area contributed by atoms with Crippen molar-refractivity contribution in [3.8, 4) is 0 Å². The summed E-state index contributed by atoms with van der Waals surface area (Å²) in [5.41, 5.74) is 1.50. The third-order valence-corrected chi connectivity index (χ3v) is 4.82. The van der Waals surface area contributed by atoms with E-state index in [0.717, 1.165) is 19.4 Å². The molecule has 1 unspecified atom stereocenters. The minimum absolute atomic E-state index is 0.0530. The van der Waals surface area contributed by atoms with Gasteiger partial charge in [-0.15, -0.1) is 11.8 Å². The Labute approximate surface area is 100 Å². The zero-order valence-electron chi connectivity index (χ0n) is 9.23. The topological polar surface area (TPSA) is 32.3 Å². The van der Waals surface area contributed by atoms with Gasteiger partial charge in [-0.1, -0.05) is 18.2 Å². The number of nitrogens with one attached hydrogen (secondary N) is 1. The van der Waals surface area contributed by atoms with E-state index in [1.807, 2.05) is 11.8 Å². The van der Waals surface area contributed by atoms with E-state index in [4.69, 9.17) is 0 Å². The Kier molecular flexibility index (Phi) is 2.92. The van der Waals surface area contributed by atoms with Gasteiger partial charge in [0.15, 0.2) is 0 Å². The third-order valence-electron chi connectivity index (χ3n) is 3.56. The summed E-state index contributed by atoms with van der Waals surface area (Å²) in [6.45, 7) is 1.06. The SMILES string of the molecule is OC1CC(NCC2CSc3ccccc32)C1. The van der Waals surface area contributed by atoms with E-state index >= 15 is 0 Å². The Hall–Kier alpha value is -0.510. The van der Waals surface area contributed by atoms with Crippen LogP contribution in [0.4, 0.5) is 0 Å². The number of thioether (sulfide) groups is 1. The molecule has 1 aromatic carbocycles. The average Bonchev–Trinajstić information content (AvgIpc) is 2.66. The van der Waals surface area contributed by atoms with Crippen LogP contribution in [0.5, 0.6) is 0 Å². The van der Waals surface area contributed by atoms with Crippen LogP contribution in [-0.4, -0.2) is 29.5 Å². The van der Waals surface area contributed by atoms with Crippen molar-refractivity contribution in [2.75, 3.05) is 12.3 Å². The lowest BCUT2D eigenvalue weighted by molar-refractivity contribution is 0.0623. The Morgan fingerprint density at radius 2 is 2.12 bits per heavy atom. The van der Waals surface area contributed by atoms with E-state index in [1.165, 1.54) is 16.2 Å². The standard InChI is InChI=1S/C13H17NOS/c15-11-5-10(6-11)14-7-9-8-16-13-4-2-1-3-12(9)13/h1-4,9-11,14-15H,5-8H2. The molecule has 0 radical (unpaired) electrons. The predicted octanol–water partition coefficient (Wildman–Crippen LogP) is 1.99. The molecule has 0 amide bonds. The van der Waals surface area contributed by atoms with Gasteiger partial charge in [0.05, 0.1) is 6.10 Å². The van der Waals surface area contributed by atoms with Gasteiger partial charge >= 0.3 is 0 Å². The molecule has 0 bridgehead atoms. The Morgan fingerprint density at radius 1 is 1.31 bits per heavy atom. The van der Waals surface area contributed by atoms with Gasteiger partial charge in [0.1, 0.15) is 0 Å². The van der Waals surface area contributed by atoms with Gasteiger partial charge in [-0.3, -0.25) is 0 Å². The maximum absolute atomic E-state index is 9.22. The van der Waals surface area contributed by atoms with Gasteiger partial charge < -0.3 is 10.4 Å². The fourth-order valence-corrected chi connectivity index (χ4v) is 3.72. The fraction of sp³-hybridized carbons (Fsp3) is 0.538. The molecule has 2 nitrogen and oxygen atoms in total. The van der Waals surface area contributed by atoms with Crippen LogP contribution in [0.1, 0.15) is 24.3 Å². The largest absolute Gasteiger partial charge is 0.393 e. The second kappa shape index (κ2) is 4.40. The molecule has 1 fully saturated rings. The van der Waals surface area contributed by atoms with Gasteiger partial charge in [-0.2, -0.15) is 0 Å². The number of hydrogen-bond donors (Lipinski definition) is 2. The summed E-state index contributed by atoms with van der Waals surface area (Å²) in [5, 5.41) is 12.8. The van der Waals surface area contributed by atoms with Crippen molar-refractivity contribution < 1.29 is 5.11 Å². The molecule has 86 valence electrons. The monoisotopic (exact) mass is 235 g/mol. The van der Waals surface area contributed by atoms with E-state index < -0.39 is 0 Å². The second-order valence-corrected chi connectivity index (χ2v) is 5.84. The molecule has 16 heavy (non-hydrogen) atoms. The van der Waals surface area contributed by atoms with Crippen LogP contribution in [0.2, 0.25) is 0 Å². The highest BCUT2D eigenvalue weighted by Gasteiger charge is 2.29. The minimum atomic E-state index is -0.0530. The summed E-state index contributed by atoms with van der Waals surface area (Å²) in [6.07, 6.45) is 1.81. The highest BCUT2D eigenvalue weighted by atomic mass is 32.2. The first kappa shape index (κ1) is 10.6. The lowest BCUT2D eigenvalue weighted by Crippen LogP contribution is -2.45. The van der Waals surface area contributed by atoms with Crippen molar-refractivity contribution in [1.82, 2.24) is 5.32 Å². The van der Waals surface area contributed by atoms with Crippen LogP contribution in [0.3, 0.4) is 0 Å². The first-order valence-corrected chi connectivity index (χ1v) is 6.94. The van der Waals surface area contributed by atoms with Crippen molar-refractivity contribution in [3.63, 3.8) is 0 Å². The van der Waals surface area contributed by atoms with E-state index in [1.54, 1.807) is 0 Å². The van der Waals surface area contributed by atoms with Crippen LogP contribution in [0, 0.1) is 0 Å². The van der Waals surface area contributed by atoms with Gasteiger partial charge in [-0.05, 0) is 24.5 Å². The zero-order valence-corrected chi connectivity index (χ0v) is 10.0.